The number of aliphatic carboxylic acids is 1. The molecule has 1 heterocycles. The second-order valence-corrected chi connectivity index (χ2v) is 9.75. The number of carbonyl (C=O) groups is 1. The first-order chi connectivity index (χ1) is 15.2. The monoisotopic (exact) mass is 471 g/mol. The zero-order valence-electron chi connectivity index (χ0n) is 17.0. The Hall–Kier alpha value is -3.16. The van der Waals surface area contributed by atoms with Gasteiger partial charge in [-0.3, -0.25) is 4.79 Å². The normalized spacial score (nSPS) is 11.7. The number of benzene rings is 3. The van der Waals surface area contributed by atoms with Crippen molar-refractivity contribution in [1.29, 1.82) is 0 Å². The van der Waals surface area contributed by atoms with E-state index in [1.54, 1.807) is 24.3 Å². The third-order valence-corrected chi connectivity index (χ3v) is 7.22. The Morgan fingerprint density at radius 2 is 1.88 bits per heavy atom. The maximum Gasteiger partial charge on any atom is 0.303 e. The fourth-order valence-electron chi connectivity index (χ4n) is 3.77. The number of carboxylic acids is 1. The lowest BCUT2D eigenvalue weighted by atomic mass is 10.0. The lowest BCUT2D eigenvalue weighted by molar-refractivity contribution is -0.136. The summed E-state index contributed by atoms with van der Waals surface area (Å²) >= 11 is 6.04. The number of hydrogen-bond acceptors (Lipinski definition) is 3. The number of aryl methyl sites for hydroxylation is 2. The van der Waals surface area contributed by atoms with Gasteiger partial charge in [0, 0.05) is 23.0 Å². The molecule has 32 heavy (non-hydrogen) atoms. The van der Waals surface area contributed by atoms with Gasteiger partial charge < -0.3 is 5.11 Å². The number of carboxylic acid groups (broad SMARTS) is 1. The minimum Gasteiger partial charge on any atom is -0.481 e. The molecule has 0 fully saturated rings. The van der Waals surface area contributed by atoms with Crippen molar-refractivity contribution >= 4 is 38.5 Å². The van der Waals surface area contributed by atoms with Gasteiger partial charge >= 0.3 is 5.97 Å². The number of hydrogen-bond donors (Lipinski definition) is 1. The van der Waals surface area contributed by atoms with E-state index in [0.29, 0.717) is 27.1 Å². The van der Waals surface area contributed by atoms with Crippen LogP contribution >= 0.6 is 11.6 Å². The van der Waals surface area contributed by atoms with E-state index < -0.39 is 21.8 Å². The summed E-state index contributed by atoms with van der Waals surface area (Å²) in [7, 11) is -4.03. The number of aromatic nitrogens is 1. The molecule has 0 aliphatic rings. The van der Waals surface area contributed by atoms with Gasteiger partial charge in [0.1, 0.15) is 5.82 Å². The van der Waals surface area contributed by atoms with Crippen LogP contribution in [0.2, 0.25) is 5.02 Å². The molecule has 5 nitrogen and oxygen atoms in total. The average molecular weight is 472 g/mol. The summed E-state index contributed by atoms with van der Waals surface area (Å²) in [6.45, 7) is 1.89. The van der Waals surface area contributed by atoms with E-state index in [9.17, 15) is 17.6 Å². The molecule has 0 saturated carbocycles. The van der Waals surface area contributed by atoms with Crippen LogP contribution in [-0.4, -0.2) is 23.5 Å². The van der Waals surface area contributed by atoms with Crippen molar-refractivity contribution in [3.63, 3.8) is 0 Å². The fraction of sp³-hybridized carbons (Fsp3) is 0.125. The van der Waals surface area contributed by atoms with Crippen molar-refractivity contribution in [2.45, 2.75) is 24.7 Å². The van der Waals surface area contributed by atoms with E-state index >= 15 is 0 Å². The Labute approximate surface area is 189 Å². The van der Waals surface area contributed by atoms with Crippen LogP contribution in [0.5, 0.6) is 0 Å². The second-order valence-electron chi connectivity index (χ2n) is 7.50. The molecule has 8 heteroatoms. The van der Waals surface area contributed by atoms with Gasteiger partial charge in [0.15, 0.2) is 0 Å². The summed E-state index contributed by atoms with van der Waals surface area (Å²) in [5.74, 6) is -1.54. The van der Waals surface area contributed by atoms with Crippen molar-refractivity contribution in [1.82, 2.24) is 3.97 Å². The number of halogens is 2. The first-order valence-corrected chi connectivity index (χ1v) is 11.6. The minimum atomic E-state index is -4.03. The Kier molecular flexibility index (Phi) is 5.79. The van der Waals surface area contributed by atoms with Crippen molar-refractivity contribution in [2.75, 3.05) is 0 Å². The molecular formula is C24H19ClFNO4S. The standard InChI is InChI=1S/C24H19ClFNO4S/c1-15-11-18(25)6-8-21(15)16-3-2-4-20(12-16)32(30,31)27-14-17(5-10-24(28)29)22-13-19(26)7-9-23(22)27/h2-4,6-9,11-14H,5,10H2,1H3,(H,28,29). The van der Waals surface area contributed by atoms with Crippen LogP contribution in [0.3, 0.4) is 0 Å². The van der Waals surface area contributed by atoms with E-state index in [1.807, 2.05) is 19.1 Å². The highest BCUT2D eigenvalue weighted by molar-refractivity contribution is 7.90. The van der Waals surface area contributed by atoms with Gasteiger partial charge in [0.2, 0.25) is 0 Å². The summed E-state index contributed by atoms with van der Waals surface area (Å²) < 4.78 is 42.0. The molecule has 164 valence electrons. The van der Waals surface area contributed by atoms with Gasteiger partial charge in [-0.05, 0) is 78.1 Å². The topological polar surface area (TPSA) is 76.4 Å². The molecule has 0 saturated heterocycles. The first kappa shape index (κ1) is 22.0. The number of rotatable bonds is 6. The van der Waals surface area contributed by atoms with Crippen molar-refractivity contribution < 1.29 is 22.7 Å². The first-order valence-electron chi connectivity index (χ1n) is 9.80. The third kappa shape index (κ3) is 4.13. The smallest absolute Gasteiger partial charge is 0.303 e. The van der Waals surface area contributed by atoms with Crippen LogP contribution in [0.25, 0.3) is 22.0 Å². The maximum absolute atomic E-state index is 13.9. The third-order valence-electron chi connectivity index (χ3n) is 5.31. The van der Waals surface area contributed by atoms with Gasteiger partial charge in [-0.1, -0.05) is 29.8 Å². The molecule has 0 unspecified atom stereocenters. The molecule has 0 radical (unpaired) electrons. The number of fused-ring (bicyclic) bond motifs is 1. The Bertz CT molecular complexity index is 1460. The van der Waals surface area contributed by atoms with Crippen molar-refractivity contribution in [3.05, 3.63) is 88.8 Å². The number of nitrogens with zero attached hydrogens (tertiary/aromatic N) is 1. The predicted molar refractivity (Wildman–Crippen MR) is 122 cm³/mol. The highest BCUT2D eigenvalue weighted by atomic mass is 35.5. The van der Waals surface area contributed by atoms with Gasteiger partial charge in [-0.15, -0.1) is 0 Å². The highest BCUT2D eigenvalue weighted by Gasteiger charge is 2.22. The van der Waals surface area contributed by atoms with E-state index in [0.717, 1.165) is 15.1 Å². The minimum absolute atomic E-state index is 0.0651. The van der Waals surface area contributed by atoms with Crippen LogP contribution < -0.4 is 0 Å². The van der Waals surface area contributed by atoms with Gasteiger partial charge in [0.05, 0.1) is 10.4 Å². The second kappa shape index (κ2) is 8.41. The highest BCUT2D eigenvalue weighted by Crippen LogP contribution is 2.31. The molecule has 1 aromatic heterocycles. The molecule has 0 aliphatic carbocycles. The van der Waals surface area contributed by atoms with Crippen LogP contribution in [0, 0.1) is 12.7 Å². The largest absolute Gasteiger partial charge is 0.481 e. The summed E-state index contributed by atoms with van der Waals surface area (Å²) in [6, 6.07) is 15.7. The van der Waals surface area contributed by atoms with Crippen LogP contribution in [-0.2, 0) is 21.2 Å². The summed E-state index contributed by atoms with van der Waals surface area (Å²) in [5, 5.41) is 9.98. The van der Waals surface area contributed by atoms with Crippen LogP contribution in [0.15, 0.2) is 71.8 Å². The molecule has 0 amide bonds. The Balaban J connectivity index is 1.84. The van der Waals surface area contributed by atoms with E-state index in [2.05, 4.69) is 0 Å². The molecule has 4 aromatic rings. The molecule has 0 aliphatic heterocycles. The quantitative estimate of drug-likeness (QED) is 0.393. The lowest BCUT2D eigenvalue weighted by Gasteiger charge is -2.11. The fourth-order valence-corrected chi connectivity index (χ4v) is 5.43. The average Bonchev–Trinajstić information content (AvgIpc) is 3.11. The predicted octanol–water partition coefficient (Wildman–Crippen LogP) is 5.66. The summed E-state index contributed by atoms with van der Waals surface area (Å²) in [6.07, 6.45) is 1.27. The summed E-state index contributed by atoms with van der Waals surface area (Å²) in [4.78, 5) is 11.1. The molecule has 0 spiro atoms. The van der Waals surface area contributed by atoms with Crippen molar-refractivity contribution in [2.24, 2.45) is 0 Å². The zero-order chi connectivity index (χ0) is 23.0. The zero-order valence-corrected chi connectivity index (χ0v) is 18.6. The van der Waals surface area contributed by atoms with Crippen LogP contribution in [0.4, 0.5) is 4.39 Å². The maximum atomic E-state index is 13.9. The Morgan fingerprint density at radius 1 is 1.09 bits per heavy atom. The van der Waals surface area contributed by atoms with Gasteiger partial charge in [-0.25, -0.2) is 16.8 Å². The molecule has 4 rings (SSSR count). The van der Waals surface area contributed by atoms with Gasteiger partial charge in [0.25, 0.3) is 10.0 Å². The molecule has 3 aromatic carbocycles. The molecule has 0 bridgehead atoms. The van der Waals surface area contributed by atoms with E-state index in [-0.39, 0.29) is 17.7 Å². The van der Waals surface area contributed by atoms with E-state index in [4.69, 9.17) is 16.7 Å². The molecular weight excluding hydrogens is 453 g/mol. The van der Waals surface area contributed by atoms with Crippen molar-refractivity contribution in [3.8, 4) is 11.1 Å². The molecule has 0 atom stereocenters. The molecule has 1 N–H and O–H groups in total. The Morgan fingerprint density at radius 3 is 2.59 bits per heavy atom. The summed E-state index contributed by atoms with van der Waals surface area (Å²) in [5.41, 5.74) is 3.22. The lowest BCUT2D eigenvalue weighted by Crippen LogP contribution is -2.12. The van der Waals surface area contributed by atoms with E-state index in [1.165, 1.54) is 30.5 Å². The SMILES string of the molecule is Cc1cc(Cl)ccc1-c1cccc(S(=O)(=O)n2cc(CCC(=O)O)c3cc(F)ccc32)c1. The van der Waals surface area contributed by atoms with Gasteiger partial charge in [-0.2, -0.15) is 0 Å². The van der Waals surface area contributed by atoms with Crippen LogP contribution in [0.1, 0.15) is 17.5 Å².